The van der Waals surface area contributed by atoms with Crippen LogP contribution >= 0.6 is 0 Å². The Morgan fingerprint density at radius 3 is 0.614 bits per heavy atom. The molecule has 0 aliphatic heterocycles. The molecule has 0 saturated carbocycles. The Morgan fingerprint density at radius 2 is 0.420 bits per heavy atom. The Hall–Kier alpha value is -9.40. The van der Waals surface area contributed by atoms with Crippen LogP contribution in [0.25, 0.3) is 0 Å². The van der Waals surface area contributed by atoms with Crippen LogP contribution in [0.5, 0.6) is 46.0 Å². The number of phenolic OH excluding ortho intramolecular Hbond substituents is 8. The summed E-state index contributed by atoms with van der Waals surface area (Å²) in [5.74, 6) is 2.24. The Labute approximate surface area is 529 Å². The lowest BCUT2D eigenvalue weighted by molar-refractivity contribution is 0.470. The summed E-state index contributed by atoms with van der Waals surface area (Å²) in [6.45, 7) is 28.4. The van der Waals surface area contributed by atoms with E-state index in [0.717, 1.165) is 44.5 Å². The predicted molar refractivity (Wildman–Crippen MR) is 374 cm³/mol. The molecule has 0 aliphatic rings. The Morgan fingerprint density at radius 1 is 0.239 bits per heavy atom. The summed E-state index contributed by atoms with van der Waals surface area (Å²) >= 11 is 0. The van der Waals surface area contributed by atoms with Gasteiger partial charge < -0.3 is 40.9 Å². The summed E-state index contributed by atoms with van der Waals surface area (Å²) in [4.78, 5) is 0. The fraction of sp³-hybridized carbons (Fsp3) is 0.250. The van der Waals surface area contributed by atoms with E-state index in [9.17, 15) is 25.5 Å². The van der Waals surface area contributed by atoms with E-state index in [0.29, 0.717) is 17.2 Å². The van der Waals surface area contributed by atoms with Gasteiger partial charge in [0.25, 0.3) is 0 Å². The molecular weight excluding hydrogens is 1090 g/mol. The molecule has 8 N–H and O–H groups in total. The van der Waals surface area contributed by atoms with E-state index in [2.05, 4.69) is 90.1 Å². The lowest BCUT2D eigenvalue weighted by Crippen LogP contribution is -2.14. The van der Waals surface area contributed by atoms with Gasteiger partial charge >= 0.3 is 0 Å². The normalized spacial score (nSPS) is 9.77. The van der Waals surface area contributed by atoms with Crippen molar-refractivity contribution in [2.75, 3.05) is 0 Å². The van der Waals surface area contributed by atoms with Crippen molar-refractivity contribution in [3.05, 3.63) is 310 Å². The smallest absolute Gasteiger partial charge is 0.118 e. The molecule has 0 aromatic heterocycles. The van der Waals surface area contributed by atoms with Crippen molar-refractivity contribution in [3.63, 3.8) is 0 Å². The maximum atomic E-state index is 9.82. The number of aryl methyl sites for hydroxylation is 4. The van der Waals surface area contributed by atoms with Crippen molar-refractivity contribution >= 4 is 0 Å². The van der Waals surface area contributed by atoms with Crippen LogP contribution in [0.3, 0.4) is 0 Å². The molecule has 0 bridgehead atoms. The Balaban J connectivity index is 0.00000113. The molecule has 10 aromatic rings. The summed E-state index contributed by atoms with van der Waals surface area (Å²) < 4.78 is 0. The minimum absolute atomic E-state index is 0. The van der Waals surface area contributed by atoms with E-state index in [4.69, 9.17) is 15.3 Å². The number of aromatic hydroxyl groups is 8. The molecular formula is C80H102O8. The molecule has 1 atom stereocenters. The molecule has 1 unspecified atom stereocenters. The average molecular weight is 1190 g/mol. The molecule has 470 valence electrons. The molecule has 10 aromatic carbocycles. The zero-order valence-corrected chi connectivity index (χ0v) is 53.9. The lowest BCUT2D eigenvalue weighted by Gasteiger charge is -2.29. The zero-order valence-electron chi connectivity index (χ0n) is 53.9. The third-order valence-electron chi connectivity index (χ3n) is 12.4. The number of hydrogen-bond acceptors (Lipinski definition) is 8. The molecule has 0 fully saturated rings. The van der Waals surface area contributed by atoms with E-state index in [1.807, 2.05) is 159 Å². The number of hydrogen-bond donors (Lipinski definition) is 8. The van der Waals surface area contributed by atoms with E-state index < -0.39 is 0 Å². The first-order valence-electron chi connectivity index (χ1n) is 30.3. The average Bonchev–Trinajstić information content (AvgIpc) is 0.978. The first kappa shape index (κ1) is 78.6. The maximum absolute atomic E-state index is 9.82. The fourth-order valence-electron chi connectivity index (χ4n) is 8.20. The molecule has 88 heavy (non-hydrogen) atoms. The summed E-state index contributed by atoms with van der Waals surface area (Å²) in [7, 11) is 0. The van der Waals surface area contributed by atoms with Crippen LogP contribution in [0.1, 0.15) is 168 Å². The first-order valence-corrected chi connectivity index (χ1v) is 30.3. The van der Waals surface area contributed by atoms with Gasteiger partial charge in [-0.3, -0.25) is 0 Å². The minimum atomic E-state index is -0.0570. The topological polar surface area (TPSA) is 162 Å². The minimum Gasteiger partial charge on any atom is -0.508 e. The van der Waals surface area contributed by atoms with Gasteiger partial charge in [-0.05, 0) is 163 Å². The molecule has 0 spiro atoms. The Kier molecular flexibility index (Phi) is 41.0. The zero-order chi connectivity index (χ0) is 65.1. The van der Waals surface area contributed by atoms with Gasteiger partial charge in [0.05, 0.1) is 0 Å². The van der Waals surface area contributed by atoms with E-state index >= 15 is 0 Å². The molecule has 0 aliphatic carbocycles. The second-order valence-electron chi connectivity index (χ2n) is 19.5. The fourth-order valence-corrected chi connectivity index (χ4v) is 8.20. The third-order valence-corrected chi connectivity index (χ3v) is 12.4. The molecule has 0 radical (unpaired) electrons. The van der Waals surface area contributed by atoms with Crippen LogP contribution in [0.4, 0.5) is 0 Å². The second-order valence-corrected chi connectivity index (χ2v) is 19.5. The van der Waals surface area contributed by atoms with Crippen LogP contribution in [-0.4, -0.2) is 40.9 Å². The van der Waals surface area contributed by atoms with E-state index in [1.54, 1.807) is 97.1 Å². The van der Waals surface area contributed by atoms with Crippen molar-refractivity contribution < 1.29 is 40.9 Å². The molecule has 0 amide bonds. The standard InChI is InChI=1S/C27H24O3.C20H18O2.2C7H8O.C6H6O.2C3H8.3C2H6.CH4/c1-18-2-4-19(5-3-18)26(20-6-12-23(28)13-7-20)27(21-8-14-24(29)15-9-21)22-10-16-25(30)17-11-22;1-14-2-4-15(5-3-14)20(16-6-10-18(21)11-7-16)17-8-12-19(22)13-9-17;2*1-6-4-2-3-5-7(6)8;7-6-4-2-1-3-5-6;2*1-3-2;3*1-2;/h2-17,26-30H,1H3;2-13,20-22H,1H3;2*2-5,8H,1H3;1-5,7H;2*3H2,1-2H3;3*1-2H3;1H4. The van der Waals surface area contributed by atoms with Gasteiger partial charge in [0.1, 0.15) is 46.0 Å². The molecule has 0 heterocycles. The van der Waals surface area contributed by atoms with Gasteiger partial charge in [0.2, 0.25) is 0 Å². The van der Waals surface area contributed by atoms with E-state index in [-0.39, 0.29) is 53.9 Å². The predicted octanol–water partition coefficient (Wildman–Crippen LogP) is 22.0. The van der Waals surface area contributed by atoms with Crippen molar-refractivity contribution in [3.8, 4) is 46.0 Å². The largest absolute Gasteiger partial charge is 0.508 e. The van der Waals surface area contributed by atoms with Crippen LogP contribution in [0.15, 0.2) is 249 Å². The van der Waals surface area contributed by atoms with Crippen molar-refractivity contribution in [1.82, 2.24) is 0 Å². The molecule has 8 heteroatoms. The highest BCUT2D eigenvalue weighted by atomic mass is 16.3. The van der Waals surface area contributed by atoms with Gasteiger partial charge in [-0.1, -0.05) is 264 Å². The monoisotopic (exact) mass is 1190 g/mol. The summed E-state index contributed by atoms with van der Waals surface area (Å²) in [6, 6.07) is 76.6. The SMILES string of the molecule is C.CC.CC.CC.CCC.CCC.Cc1ccc(C(c2ccc(O)cc2)C(c2ccc(O)cc2)c2ccc(O)cc2)cc1.Cc1ccc(C(c2ccc(O)cc2)c2ccc(O)cc2)cc1.Cc1ccccc1O.Cc1ccccc1O.Oc1ccccc1. The van der Waals surface area contributed by atoms with Gasteiger partial charge in [-0.25, -0.2) is 0 Å². The number of phenols is 8. The number of rotatable bonds is 8. The number of benzene rings is 10. The van der Waals surface area contributed by atoms with Crippen LogP contribution < -0.4 is 0 Å². The molecule has 0 saturated heterocycles. The maximum Gasteiger partial charge on any atom is 0.118 e. The summed E-state index contributed by atoms with van der Waals surface area (Å²) in [5.41, 5.74) is 12.0. The van der Waals surface area contributed by atoms with Gasteiger partial charge in [-0.15, -0.1) is 0 Å². The summed E-state index contributed by atoms with van der Waals surface area (Å²) in [6.07, 6.45) is 2.50. The van der Waals surface area contributed by atoms with Crippen LogP contribution in [-0.2, 0) is 0 Å². The van der Waals surface area contributed by atoms with Crippen molar-refractivity contribution in [1.29, 1.82) is 0 Å². The summed E-state index contributed by atoms with van der Waals surface area (Å²) in [5, 5.41) is 75.0. The first-order chi connectivity index (χ1) is 42.0. The number of para-hydroxylation sites is 3. The van der Waals surface area contributed by atoms with Crippen molar-refractivity contribution in [2.45, 2.75) is 135 Å². The highest BCUT2D eigenvalue weighted by Gasteiger charge is 2.28. The van der Waals surface area contributed by atoms with Crippen molar-refractivity contribution in [2.24, 2.45) is 0 Å². The lowest BCUT2D eigenvalue weighted by atomic mass is 9.73. The van der Waals surface area contributed by atoms with Gasteiger partial charge in [-0.2, -0.15) is 0 Å². The molecule has 10 rings (SSSR count). The van der Waals surface area contributed by atoms with Gasteiger partial charge in [0.15, 0.2) is 0 Å². The quantitative estimate of drug-likeness (QED) is 0.0698. The second kappa shape index (κ2) is 45.9. The van der Waals surface area contributed by atoms with Crippen LogP contribution in [0, 0.1) is 27.7 Å². The van der Waals surface area contributed by atoms with E-state index in [1.165, 1.54) is 29.5 Å². The third kappa shape index (κ3) is 29.1. The highest BCUT2D eigenvalue weighted by molar-refractivity contribution is 5.49. The molecule has 8 nitrogen and oxygen atoms in total. The highest BCUT2D eigenvalue weighted by Crippen LogP contribution is 2.44. The Bertz CT molecular complexity index is 2890. The van der Waals surface area contributed by atoms with Crippen LogP contribution in [0.2, 0.25) is 0 Å². The van der Waals surface area contributed by atoms with Gasteiger partial charge in [0, 0.05) is 17.8 Å².